The fraction of sp³-hybridized carbons (Fsp3) is 0.176. The van der Waals surface area contributed by atoms with Crippen molar-refractivity contribution in [3.05, 3.63) is 71.8 Å². The number of hydrogen-bond acceptors (Lipinski definition) is 2. The summed E-state index contributed by atoms with van der Waals surface area (Å²) < 4.78 is 0. The first kappa shape index (κ1) is 13.8. The summed E-state index contributed by atoms with van der Waals surface area (Å²) in [6, 6.07) is 19.6. The molecule has 1 fully saturated rings. The molecule has 1 amide bonds. The lowest BCUT2D eigenvalue weighted by Crippen LogP contribution is -2.32. The van der Waals surface area contributed by atoms with Gasteiger partial charge in [-0.15, -0.1) is 0 Å². The smallest absolute Gasteiger partial charge is 0.251 e. The van der Waals surface area contributed by atoms with Gasteiger partial charge in [0, 0.05) is 6.42 Å². The molecule has 1 aliphatic heterocycles. The molecule has 0 bridgehead atoms. The van der Waals surface area contributed by atoms with Crippen LogP contribution in [0.4, 0.5) is 0 Å². The van der Waals surface area contributed by atoms with Crippen molar-refractivity contribution in [1.82, 2.24) is 10.2 Å². The Morgan fingerprint density at radius 3 is 2.14 bits per heavy atom. The number of hydrogen-bond donors (Lipinski definition) is 1. The molecular weight excluding hydrogens is 280 g/mol. The van der Waals surface area contributed by atoms with Crippen molar-refractivity contribution in [2.24, 2.45) is 0 Å². The van der Waals surface area contributed by atoms with Gasteiger partial charge in [-0.25, -0.2) is 0 Å². The second kappa shape index (κ2) is 6.06. The van der Waals surface area contributed by atoms with E-state index in [9.17, 15) is 4.79 Å². The standard InChI is InChI=1S/C17H16N2OS/c20-16-15(11-13-7-3-1-4-8-13)18-17(21)19(16)12-14-9-5-2-6-10-14/h1-10,15H,11-12H2,(H,18,21)/t15-/m1/s1. The minimum atomic E-state index is -0.261. The van der Waals surface area contributed by atoms with Crippen LogP contribution < -0.4 is 5.32 Å². The van der Waals surface area contributed by atoms with Crippen LogP contribution in [-0.4, -0.2) is 22.0 Å². The van der Waals surface area contributed by atoms with E-state index in [1.807, 2.05) is 60.7 Å². The molecule has 3 rings (SSSR count). The highest BCUT2D eigenvalue weighted by atomic mass is 32.1. The molecule has 0 saturated carbocycles. The van der Waals surface area contributed by atoms with Crippen molar-refractivity contribution >= 4 is 23.2 Å². The van der Waals surface area contributed by atoms with E-state index in [1.165, 1.54) is 0 Å². The highest BCUT2D eigenvalue weighted by Crippen LogP contribution is 2.15. The molecule has 1 aliphatic rings. The van der Waals surface area contributed by atoms with E-state index in [2.05, 4.69) is 5.32 Å². The molecule has 4 heteroatoms. The van der Waals surface area contributed by atoms with Gasteiger partial charge in [-0.1, -0.05) is 60.7 Å². The molecule has 3 nitrogen and oxygen atoms in total. The highest BCUT2D eigenvalue weighted by Gasteiger charge is 2.35. The fourth-order valence-corrected chi connectivity index (χ4v) is 2.78. The van der Waals surface area contributed by atoms with Gasteiger partial charge >= 0.3 is 0 Å². The average molecular weight is 296 g/mol. The van der Waals surface area contributed by atoms with E-state index >= 15 is 0 Å². The lowest BCUT2D eigenvalue weighted by molar-refractivity contribution is -0.127. The van der Waals surface area contributed by atoms with Crippen molar-refractivity contribution in [1.29, 1.82) is 0 Å². The summed E-state index contributed by atoms with van der Waals surface area (Å²) in [7, 11) is 0. The first-order valence-corrected chi connectivity index (χ1v) is 7.34. The maximum Gasteiger partial charge on any atom is 0.251 e. The summed E-state index contributed by atoms with van der Waals surface area (Å²) in [5, 5.41) is 3.65. The Bertz CT molecular complexity index is 642. The van der Waals surface area contributed by atoms with Gasteiger partial charge < -0.3 is 5.32 Å². The van der Waals surface area contributed by atoms with Crippen molar-refractivity contribution in [3.63, 3.8) is 0 Å². The molecule has 0 spiro atoms. The molecule has 1 N–H and O–H groups in total. The monoisotopic (exact) mass is 296 g/mol. The number of carbonyl (C=O) groups is 1. The fourth-order valence-electron chi connectivity index (χ4n) is 2.48. The summed E-state index contributed by atoms with van der Waals surface area (Å²) in [5.41, 5.74) is 2.21. The number of benzene rings is 2. The summed E-state index contributed by atoms with van der Waals surface area (Å²) in [4.78, 5) is 14.2. The van der Waals surface area contributed by atoms with Crippen molar-refractivity contribution in [3.8, 4) is 0 Å². The van der Waals surface area contributed by atoms with Crippen LogP contribution in [-0.2, 0) is 17.8 Å². The van der Waals surface area contributed by atoms with E-state index in [1.54, 1.807) is 4.90 Å². The number of rotatable bonds is 4. The molecule has 1 saturated heterocycles. The second-order valence-corrected chi connectivity index (χ2v) is 5.49. The van der Waals surface area contributed by atoms with E-state index < -0.39 is 0 Å². The van der Waals surface area contributed by atoms with Gasteiger partial charge in [-0.05, 0) is 23.3 Å². The Balaban J connectivity index is 1.70. The third-order valence-corrected chi connectivity index (χ3v) is 3.91. The first-order valence-electron chi connectivity index (χ1n) is 6.94. The lowest BCUT2D eigenvalue weighted by atomic mass is 10.1. The molecule has 0 aromatic heterocycles. The predicted octanol–water partition coefficient (Wildman–Crippen LogP) is 2.51. The van der Waals surface area contributed by atoms with Gasteiger partial charge in [0.2, 0.25) is 0 Å². The Kier molecular flexibility index (Phi) is 3.97. The third kappa shape index (κ3) is 3.11. The second-order valence-electron chi connectivity index (χ2n) is 5.10. The van der Waals surface area contributed by atoms with E-state index in [0.717, 1.165) is 11.1 Å². The molecule has 1 atom stereocenters. The Hall–Kier alpha value is -2.20. The zero-order valence-electron chi connectivity index (χ0n) is 11.5. The van der Waals surface area contributed by atoms with Crippen LogP contribution in [0.3, 0.4) is 0 Å². The number of carbonyl (C=O) groups excluding carboxylic acids is 1. The molecule has 106 valence electrons. The SMILES string of the molecule is O=C1[C@@H](Cc2ccccc2)NC(=S)N1Cc1ccccc1. The quantitative estimate of drug-likeness (QED) is 0.880. The van der Waals surface area contributed by atoms with Crippen LogP contribution in [0, 0.1) is 0 Å². The van der Waals surface area contributed by atoms with E-state index in [0.29, 0.717) is 18.1 Å². The largest absolute Gasteiger partial charge is 0.350 e. The molecular formula is C17H16N2OS. The summed E-state index contributed by atoms with van der Waals surface area (Å²) in [5.74, 6) is 0.0488. The van der Waals surface area contributed by atoms with Crippen molar-refractivity contribution < 1.29 is 4.79 Å². The molecule has 0 unspecified atom stereocenters. The molecule has 2 aromatic rings. The van der Waals surface area contributed by atoms with Crippen LogP contribution in [0.15, 0.2) is 60.7 Å². The number of thiocarbonyl (C=S) groups is 1. The normalized spacial score (nSPS) is 17.9. The van der Waals surface area contributed by atoms with Gasteiger partial charge in [-0.3, -0.25) is 9.69 Å². The summed E-state index contributed by atoms with van der Waals surface area (Å²) >= 11 is 5.30. The average Bonchev–Trinajstić information content (AvgIpc) is 2.77. The minimum Gasteiger partial charge on any atom is -0.350 e. The van der Waals surface area contributed by atoms with Crippen molar-refractivity contribution in [2.75, 3.05) is 0 Å². The predicted molar refractivity (Wildman–Crippen MR) is 86.7 cm³/mol. The van der Waals surface area contributed by atoms with Gasteiger partial charge in [0.1, 0.15) is 6.04 Å². The molecule has 2 aromatic carbocycles. The maximum absolute atomic E-state index is 12.5. The van der Waals surface area contributed by atoms with E-state index in [4.69, 9.17) is 12.2 Å². The Labute approximate surface area is 129 Å². The zero-order valence-corrected chi connectivity index (χ0v) is 12.3. The molecule has 0 radical (unpaired) electrons. The molecule has 0 aliphatic carbocycles. The summed E-state index contributed by atoms with van der Waals surface area (Å²) in [6.07, 6.45) is 0.658. The van der Waals surface area contributed by atoms with Crippen LogP contribution >= 0.6 is 12.2 Å². The third-order valence-electron chi connectivity index (χ3n) is 3.57. The maximum atomic E-state index is 12.5. The van der Waals surface area contributed by atoms with Crippen LogP contribution in [0.2, 0.25) is 0 Å². The van der Waals surface area contributed by atoms with Gasteiger partial charge in [0.15, 0.2) is 5.11 Å². The zero-order chi connectivity index (χ0) is 14.7. The first-order chi connectivity index (χ1) is 10.2. The van der Waals surface area contributed by atoms with Crippen LogP contribution in [0.1, 0.15) is 11.1 Å². The van der Waals surface area contributed by atoms with Gasteiger partial charge in [0.25, 0.3) is 5.91 Å². The number of nitrogens with zero attached hydrogens (tertiary/aromatic N) is 1. The minimum absolute atomic E-state index is 0.0488. The van der Waals surface area contributed by atoms with Crippen molar-refractivity contribution in [2.45, 2.75) is 19.0 Å². The molecule has 21 heavy (non-hydrogen) atoms. The van der Waals surface area contributed by atoms with Crippen LogP contribution in [0.5, 0.6) is 0 Å². The summed E-state index contributed by atoms with van der Waals surface area (Å²) in [6.45, 7) is 0.525. The highest BCUT2D eigenvalue weighted by molar-refractivity contribution is 7.80. The molecule has 1 heterocycles. The van der Waals surface area contributed by atoms with Gasteiger partial charge in [0.05, 0.1) is 6.54 Å². The topological polar surface area (TPSA) is 32.3 Å². The van der Waals surface area contributed by atoms with E-state index in [-0.39, 0.29) is 11.9 Å². The lowest BCUT2D eigenvalue weighted by Gasteiger charge is -2.14. The Morgan fingerprint density at radius 1 is 0.952 bits per heavy atom. The number of nitrogens with one attached hydrogen (secondary N) is 1. The number of amides is 1. The van der Waals surface area contributed by atoms with Gasteiger partial charge in [-0.2, -0.15) is 0 Å². The van der Waals surface area contributed by atoms with Crippen LogP contribution in [0.25, 0.3) is 0 Å². The Morgan fingerprint density at radius 2 is 1.52 bits per heavy atom.